The summed E-state index contributed by atoms with van der Waals surface area (Å²) >= 11 is 0. The molecule has 2 aromatic heterocycles. The van der Waals surface area contributed by atoms with Crippen LogP contribution in [0.1, 0.15) is 21.6 Å². The van der Waals surface area contributed by atoms with Gasteiger partial charge in [-0.15, -0.1) is 0 Å². The third kappa shape index (κ3) is 2.35. The Kier molecular flexibility index (Phi) is 2.95. The van der Waals surface area contributed by atoms with E-state index in [1.165, 1.54) is 0 Å². The molecule has 0 aliphatic rings. The van der Waals surface area contributed by atoms with E-state index < -0.39 is 0 Å². The van der Waals surface area contributed by atoms with Crippen molar-refractivity contribution in [2.75, 3.05) is 0 Å². The summed E-state index contributed by atoms with van der Waals surface area (Å²) in [4.78, 5) is 11.8. The van der Waals surface area contributed by atoms with Crippen molar-refractivity contribution >= 4 is 5.91 Å². The zero-order valence-corrected chi connectivity index (χ0v) is 10.1. The van der Waals surface area contributed by atoms with E-state index in [1.807, 2.05) is 14.0 Å². The zero-order valence-electron chi connectivity index (χ0n) is 10.1. The average Bonchev–Trinajstić information content (AvgIpc) is 2.86. The number of amides is 1. The molecular weight excluding hydrogens is 218 g/mol. The van der Waals surface area contributed by atoms with Crippen LogP contribution in [0.5, 0.6) is 0 Å². The van der Waals surface area contributed by atoms with Gasteiger partial charge in [-0.1, -0.05) is 0 Å². The van der Waals surface area contributed by atoms with Crippen LogP contribution < -0.4 is 5.32 Å². The van der Waals surface area contributed by atoms with E-state index in [0.29, 0.717) is 12.1 Å². The van der Waals surface area contributed by atoms with Gasteiger partial charge in [-0.2, -0.15) is 10.2 Å². The van der Waals surface area contributed by atoms with Crippen molar-refractivity contribution in [1.29, 1.82) is 0 Å². The van der Waals surface area contributed by atoms with Gasteiger partial charge in [0.05, 0.1) is 18.0 Å². The van der Waals surface area contributed by atoms with Gasteiger partial charge >= 0.3 is 0 Å². The molecule has 0 bridgehead atoms. The second-order valence-electron chi connectivity index (χ2n) is 3.96. The van der Waals surface area contributed by atoms with Crippen molar-refractivity contribution in [2.24, 2.45) is 14.1 Å². The molecule has 2 rings (SSSR count). The molecule has 0 unspecified atom stereocenters. The van der Waals surface area contributed by atoms with E-state index in [2.05, 4.69) is 15.5 Å². The van der Waals surface area contributed by atoms with E-state index in [0.717, 1.165) is 11.3 Å². The zero-order chi connectivity index (χ0) is 12.4. The lowest BCUT2D eigenvalue weighted by Gasteiger charge is -2.03. The number of aromatic nitrogens is 4. The van der Waals surface area contributed by atoms with Crippen molar-refractivity contribution < 1.29 is 4.79 Å². The van der Waals surface area contributed by atoms with E-state index in [-0.39, 0.29) is 5.91 Å². The third-order valence-corrected chi connectivity index (χ3v) is 2.74. The number of nitrogens with one attached hydrogen (secondary N) is 1. The first-order valence-corrected chi connectivity index (χ1v) is 5.32. The van der Waals surface area contributed by atoms with Crippen molar-refractivity contribution in [3.63, 3.8) is 0 Å². The Hall–Kier alpha value is -2.11. The van der Waals surface area contributed by atoms with Crippen LogP contribution in [0, 0.1) is 6.92 Å². The highest BCUT2D eigenvalue weighted by Gasteiger charge is 2.09. The summed E-state index contributed by atoms with van der Waals surface area (Å²) in [5.41, 5.74) is 2.63. The van der Waals surface area contributed by atoms with Gasteiger partial charge in [-0.05, 0) is 6.92 Å². The summed E-state index contributed by atoms with van der Waals surface area (Å²) < 4.78 is 3.38. The maximum atomic E-state index is 11.8. The molecule has 2 aromatic rings. The Morgan fingerprint density at radius 3 is 2.65 bits per heavy atom. The van der Waals surface area contributed by atoms with Crippen LogP contribution >= 0.6 is 0 Å². The van der Waals surface area contributed by atoms with Crippen molar-refractivity contribution in [3.05, 3.63) is 35.4 Å². The van der Waals surface area contributed by atoms with Gasteiger partial charge in [0.1, 0.15) is 0 Å². The molecule has 0 saturated heterocycles. The molecule has 0 spiro atoms. The van der Waals surface area contributed by atoms with Gasteiger partial charge < -0.3 is 5.32 Å². The monoisotopic (exact) mass is 233 g/mol. The normalized spacial score (nSPS) is 10.5. The second-order valence-corrected chi connectivity index (χ2v) is 3.96. The summed E-state index contributed by atoms with van der Waals surface area (Å²) in [5, 5.41) is 10.9. The highest BCUT2D eigenvalue weighted by Crippen LogP contribution is 2.05. The minimum atomic E-state index is -0.124. The molecule has 0 aliphatic heterocycles. The molecule has 0 radical (unpaired) electrons. The van der Waals surface area contributed by atoms with Crippen LogP contribution in [-0.2, 0) is 20.6 Å². The first kappa shape index (κ1) is 11.4. The van der Waals surface area contributed by atoms with Gasteiger partial charge in [-0.3, -0.25) is 14.2 Å². The quantitative estimate of drug-likeness (QED) is 0.834. The first-order valence-electron chi connectivity index (χ1n) is 5.32. The average molecular weight is 233 g/mol. The fraction of sp³-hybridized carbons (Fsp3) is 0.364. The molecule has 6 nitrogen and oxygen atoms in total. The number of hydrogen-bond donors (Lipinski definition) is 1. The lowest BCUT2D eigenvalue weighted by molar-refractivity contribution is 0.0951. The lowest BCUT2D eigenvalue weighted by atomic mass is 10.2. The SMILES string of the molecule is Cc1c(CNC(=O)c2cnn(C)c2)cnn1C. The third-order valence-electron chi connectivity index (χ3n) is 2.74. The number of carbonyl (C=O) groups is 1. The number of nitrogens with zero attached hydrogens (tertiary/aromatic N) is 4. The highest BCUT2D eigenvalue weighted by atomic mass is 16.1. The van der Waals surface area contributed by atoms with Crippen molar-refractivity contribution in [2.45, 2.75) is 13.5 Å². The topological polar surface area (TPSA) is 64.7 Å². The van der Waals surface area contributed by atoms with Crippen LogP contribution in [0.15, 0.2) is 18.6 Å². The fourth-order valence-electron chi connectivity index (χ4n) is 1.53. The summed E-state index contributed by atoms with van der Waals surface area (Å²) in [5.74, 6) is -0.124. The predicted molar refractivity (Wildman–Crippen MR) is 62.3 cm³/mol. The van der Waals surface area contributed by atoms with Gasteiger partial charge in [0.15, 0.2) is 0 Å². The van der Waals surface area contributed by atoms with Gasteiger partial charge in [0.2, 0.25) is 0 Å². The first-order chi connectivity index (χ1) is 8.08. The van der Waals surface area contributed by atoms with Crippen LogP contribution in [0.2, 0.25) is 0 Å². The molecule has 0 aliphatic carbocycles. The summed E-state index contributed by atoms with van der Waals surface area (Å²) in [6.07, 6.45) is 5.00. The lowest BCUT2D eigenvalue weighted by Crippen LogP contribution is -2.22. The van der Waals surface area contributed by atoms with Crippen molar-refractivity contribution in [3.8, 4) is 0 Å². The number of aryl methyl sites for hydroxylation is 2. The smallest absolute Gasteiger partial charge is 0.254 e. The van der Waals surface area contributed by atoms with Gasteiger partial charge in [-0.25, -0.2) is 0 Å². The Bertz CT molecular complexity index is 540. The van der Waals surface area contributed by atoms with Gasteiger partial charge in [0, 0.05) is 38.1 Å². The molecule has 90 valence electrons. The Labute approximate surface area is 99.2 Å². The predicted octanol–water partition coefficient (Wildman–Crippen LogP) is 0.392. The molecule has 0 saturated carbocycles. The van der Waals surface area contributed by atoms with E-state index >= 15 is 0 Å². The second kappa shape index (κ2) is 4.40. The molecular formula is C11H15N5O. The molecule has 0 aromatic carbocycles. The fourth-order valence-corrected chi connectivity index (χ4v) is 1.53. The Balaban J connectivity index is 1.99. The molecule has 2 heterocycles. The molecule has 6 heteroatoms. The van der Waals surface area contributed by atoms with Crippen LogP contribution in [-0.4, -0.2) is 25.5 Å². The number of hydrogen-bond acceptors (Lipinski definition) is 3. The van der Waals surface area contributed by atoms with E-state index in [1.54, 1.807) is 35.0 Å². The maximum absolute atomic E-state index is 11.8. The van der Waals surface area contributed by atoms with Crippen LogP contribution in [0.4, 0.5) is 0 Å². The summed E-state index contributed by atoms with van der Waals surface area (Å²) in [7, 11) is 3.66. The van der Waals surface area contributed by atoms with Crippen molar-refractivity contribution in [1.82, 2.24) is 24.9 Å². The molecule has 1 N–H and O–H groups in total. The highest BCUT2D eigenvalue weighted by molar-refractivity contribution is 5.93. The molecule has 0 fully saturated rings. The van der Waals surface area contributed by atoms with Crippen LogP contribution in [0.3, 0.4) is 0 Å². The summed E-state index contributed by atoms with van der Waals surface area (Å²) in [6.45, 7) is 2.45. The maximum Gasteiger partial charge on any atom is 0.254 e. The standard InChI is InChI=1S/C11H15N5O/c1-8-9(5-14-16(8)3)4-12-11(17)10-6-13-15(2)7-10/h5-7H,4H2,1-3H3,(H,12,17). The van der Waals surface area contributed by atoms with E-state index in [4.69, 9.17) is 0 Å². The van der Waals surface area contributed by atoms with Crippen LogP contribution in [0.25, 0.3) is 0 Å². The van der Waals surface area contributed by atoms with Gasteiger partial charge in [0.25, 0.3) is 5.91 Å². The molecule has 0 atom stereocenters. The minimum Gasteiger partial charge on any atom is -0.348 e. The summed E-state index contributed by atoms with van der Waals surface area (Å²) in [6, 6.07) is 0. The Morgan fingerprint density at radius 1 is 1.35 bits per heavy atom. The minimum absolute atomic E-state index is 0.124. The molecule has 17 heavy (non-hydrogen) atoms. The Morgan fingerprint density at radius 2 is 2.12 bits per heavy atom. The number of carbonyl (C=O) groups excluding carboxylic acids is 1. The molecule has 1 amide bonds. The number of rotatable bonds is 3. The van der Waals surface area contributed by atoms with E-state index in [9.17, 15) is 4.79 Å². The largest absolute Gasteiger partial charge is 0.348 e.